The van der Waals surface area contributed by atoms with Crippen molar-refractivity contribution in [2.45, 2.75) is 53.1 Å². The summed E-state index contributed by atoms with van der Waals surface area (Å²) in [5, 5.41) is 4.35. The first kappa shape index (κ1) is 19.8. The molecular weight excluding hydrogens is 350 g/mol. The predicted molar refractivity (Wildman–Crippen MR) is 111 cm³/mol. The lowest BCUT2D eigenvalue weighted by molar-refractivity contribution is 0.0942. The van der Waals surface area contributed by atoms with E-state index in [-0.39, 0.29) is 23.4 Å². The molecule has 146 valence electrons. The largest absolute Gasteiger partial charge is 0.460 e. The molecule has 28 heavy (non-hydrogen) atoms. The van der Waals surface area contributed by atoms with Gasteiger partial charge in [-0.1, -0.05) is 63.2 Å². The van der Waals surface area contributed by atoms with E-state index in [1.807, 2.05) is 51.1 Å². The molecule has 0 saturated carbocycles. The number of hydrogen-bond donors (Lipinski definition) is 0. The molecule has 5 nitrogen and oxygen atoms in total. The molecule has 3 rings (SSSR count). The minimum atomic E-state index is -0.223. The number of carbonyl (C=O) groups is 1. The summed E-state index contributed by atoms with van der Waals surface area (Å²) < 4.78 is 7.00. The summed E-state index contributed by atoms with van der Waals surface area (Å²) in [7, 11) is 0. The Balaban J connectivity index is 2.08. The van der Waals surface area contributed by atoms with Crippen molar-refractivity contribution in [3.8, 4) is 17.4 Å². The van der Waals surface area contributed by atoms with Crippen molar-refractivity contribution in [1.82, 2.24) is 14.8 Å². The van der Waals surface area contributed by atoms with Gasteiger partial charge in [-0.05, 0) is 43.4 Å². The standard InChI is InChI=1S/C23H27N3O2/c1-15(2)28-22-24-20(17-11-13-18(14-12-17)23(4,5)6)26(25-22)21(27)19-10-8-7-9-16(19)3/h7-15H,1-6H3. The molecule has 1 heterocycles. The Morgan fingerprint density at radius 1 is 1.04 bits per heavy atom. The summed E-state index contributed by atoms with van der Waals surface area (Å²) in [6.07, 6.45) is -0.0828. The maximum atomic E-state index is 13.2. The monoisotopic (exact) mass is 377 g/mol. The van der Waals surface area contributed by atoms with Crippen LogP contribution in [0.25, 0.3) is 11.4 Å². The lowest BCUT2D eigenvalue weighted by Crippen LogP contribution is -2.17. The molecule has 0 radical (unpaired) electrons. The molecule has 2 aromatic carbocycles. The van der Waals surface area contributed by atoms with Crippen molar-refractivity contribution in [3.05, 3.63) is 65.2 Å². The molecule has 0 spiro atoms. The molecule has 0 aliphatic rings. The topological polar surface area (TPSA) is 57.0 Å². The average Bonchev–Trinajstić information content (AvgIpc) is 3.04. The van der Waals surface area contributed by atoms with Crippen molar-refractivity contribution in [3.63, 3.8) is 0 Å². The smallest absolute Gasteiger partial charge is 0.336 e. The van der Waals surface area contributed by atoms with Gasteiger partial charge >= 0.3 is 6.01 Å². The number of nitrogens with zero attached hydrogens (tertiary/aromatic N) is 3. The molecule has 0 bridgehead atoms. The van der Waals surface area contributed by atoms with Gasteiger partial charge in [-0.15, -0.1) is 5.10 Å². The highest BCUT2D eigenvalue weighted by atomic mass is 16.5. The predicted octanol–water partition coefficient (Wildman–Crippen LogP) is 5.03. The minimum Gasteiger partial charge on any atom is -0.460 e. The van der Waals surface area contributed by atoms with E-state index < -0.39 is 0 Å². The number of benzene rings is 2. The van der Waals surface area contributed by atoms with E-state index in [0.29, 0.717) is 11.4 Å². The van der Waals surface area contributed by atoms with Crippen LogP contribution >= 0.6 is 0 Å². The van der Waals surface area contributed by atoms with Crippen molar-refractivity contribution in [1.29, 1.82) is 0 Å². The van der Waals surface area contributed by atoms with Gasteiger partial charge < -0.3 is 4.74 Å². The second-order valence-electron chi connectivity index (χ2n) is 8.24. The Hall–Kier alpha value is -2.95. The molecule has 5 heteroatoms. The van der Waals surface area contributed by atoms with Gasteiger partial charge in [0.15, 0.2) is 5.82 Å². The summed E-state index contributed by atoms with van der Waals surface area (Å²) in [5.74, 6) is 0.253. The Morgan fingerprint density at radius 3 is 2.25 bits per heavy atom. The van der Waals surface area contributed by atoms with Crippen LogP contribution in [0.3, 0.4) is 0 Å². The normalized spacial score (nSPS) is 11.7. The van der Waals surface area contributed by atoms with E-state index in [4.69, 9.17) is 4.74 Å². The highest BCUT2D eigenvalue weighted by Gasteiger charge is 2.22. The minimum absolute atomic E-state index is 0.0507. The van der Waals surface area contributed by atoms with E-state index in [1.165, 1.54) is 10.2 Å². The molecule has 0 fully saturated rings. The summed E-state index contributed by atoms with van der Waals surface area (Å²) in [4.78, 5) is 17.7. The van der Waals surface area contributed by atoms with Gasteiger partial charge in [0.2, 0.25) is 0 Å². The van der Waals surface area contributed by atoms with Crippen LogP contribution in [0.1, 0.15) is 56.1 Å². The number of hydrogen-bond acceptors (Lipinski definition) is 4. The fourth-order valence-electron chi connectivity index (χ4n) is 2.93. The van der Waals surface area contributed by atoms with Crippen LogP contribution in [0.5, 0.6) is 6.01 Å². The molecule has 0 atom stereocenters. The Bertz CT molecular complexity index is 980. The number of carbonyl (C=O) groups excluding carboxylic acids is 1. The summed E-state index contributed by atoms with van der Waals surface area (Å²) in [6.45, 7) is 12.2. The zero-order valence-corrected chi connectivity index (χ0v) is 17.4. The van der Waals surface area contributed by atoms with Crippen LogP contribution in [0.15, 0.2) is 48.5 Å². The quantitative estimate of drug-likeness (QED) is 0.640. The second-order valence-corrected chi connectivity index (χ2v) is 8.24. The number of aromatic nitrogens is 3. The maximum Gasteiger partial charge on any atom is 0.336 e. The van der Waals surface area contributed by atoms with Crippen LogP contribution in [-0.2, 0) is 5.41 Å². The summed E-state index contributed by atoms with van der Waals surface area (Å²) >= 11 is 0. The van der Waals surface area contributed by atoms with Gasteiger partial charge in [0, 0.05) is 11.1 Å². The van der Waals surface area contributed by atoms with Crippen molar-refractivity contribution in [2.75, 3.05) is 0 Å². The third-order valence-corrected chi connectivity index (χ3v) is 4.51. The SMILES string of the molecule is Cc1ccccc1C(=O)n1nc(OC(C)C)nc1-c1ccc(C(C)(C)C)cc1. The van der Waals surface area contributed by atoms with Crippen LogP contribution in [0.2, 0.25) is 0 Å². The maximum absolute atomic E-state index is 13.2. The first-order valence-corrected chi connectivity index (χ1v) is 9.52. The van der Waals surface area contributed by atoms with Crippen LogP contribution in [0, 0.1) is 6.92 Å². The van der Waals surface area contributed by atoms with E-state index >= 15 is 0 Å². The number of ether oxygens (including phenoxy) is 1. The molecule has 1 aromatic heterocycles. The summed E-state index contributed by atoms with van der Waals surface area (Å²) in [5.41, 5.74) is 3.57. The molecule has 0 N–H and O–H groups in total. The third kappa shape index (κ3) is 4.14. The fourth-order valence-corrected chi connectivity index (χ4v) is 2.93. The van der Waals surface area contributed by atoms with Crippen molar-refractivity contribution < 1.29 is 9.53 Å². The van der Waals surface area contributed by atoms with Crippen LogP contribution < -0.4 is 4.74 Å². The lowest BCUT2D eigenvalue weighted by Gasteiger charge is -2.19. The van der Waals surface area contributed by atoms with Gasteiger partial charge in [-0.25, -0.2) is 0 Å². The lowest BCUT2D eigenvalue weighted by atomic mass is 9.87. The van der Waals surface area contributed by atoms with E-state index in [0.717, 1.165) is 11.1 Å². The van der Waals surface area contributed by atoms with Gasteiger partial charge in [0.25, 0.3) is 5.91 Å². The zero-order chi connectivity index (χ0) is 20.5. The van der Waals surface area contributed by atoms with Gasteiger partial charge in [-0.2, -0.15) is 9.67 Å². The van der Waals surface area contributed by atoms with Crippen LogP contribution in [-0.4, -0.2) is 26.8 Å². The molecule has 0 aliphatic heterocycles. The van der Waals surface area contributed by atoms with Crippen molar-refractivity contribution in [2.24, 2.45) is 0 Å². The molecule has 0 saturated heterocycles. The zero-order valence-electron chi connectivity index (χ0n) is 17.4. The Labute approximate surface area is 166 Å². The first-order chi connectivity index (χ1) is 13.2. The second kappa shape index (κ2) is 7.58. The number of aryl methyl sites for hydroxylation is 1. The molecule has 3 aromatic rings. The van der Waals surface area contributed by atoms with E-state index in [2.05, 4.69) is 43.0 Å². The number of rotatable bonds is 4. The fraction of sp³-hybridized carbons (Fsp3) is 0.348. The average molecular weight is 377 g/mol. The Morgan fingerprint density at radius 2 is 1.68 bits per heavy atom. The van der Waals surface area contributed by atoms with Crippen molar-refractivity contribution >= 4 is 5.91 Å². The van der Waals surface area contributed by atoms with E-state index in [9.17, 15) is 4.79 Å². The third-order valence-electron chi connectivity index (χ3n) is 4.51. The highest BCUT2D eigenvalue weighted by Crippen LogP contribution is 2.27. The van der Waals surface area contributed by atoms with E-state index in [1.54, 1.807) is 6.07 Å². The molecule has 0 aliphatic carbocycles. The first-order valence-electron chi connectivity index (χ1n) is 9.52. The highest BCUT2D eigenvalue weighted by molar-refractivity contribution is 5.98. The Kier molecular flexibility index (Phi) is 5.36. The molecule has 0 amide bonds. The molecular formula is C23H27N3O2. The van der Waals surface area contributed by atoms with Gasteiger partial charge in [0.05, 0.1) is 6.10 Å². The summed E-state index contributed by atoms with van der Waals surface area (Å²) in [6, 6.07) is 15.8. The molecule has 0 unspecified atom stereocenters. The van der Waals surface area contributed by atoms with Gasteiger partial charge in [0.1, 0.15) is 0 Å². The van der Waals surface area contributed by atoms with Gasteiger partial charge in [-0.3, -0.25) is 4.79 Å². The van der Waals surface area contributed by atoms with Crippen LogP contribution in [0.4, 0.5) is 0 Å².